The summed E-state index contributed by atoms with van der Waals surface area (Å²) in [6, 6.07) is 0. The number of carbonyl (C=O) groups excluding carboxylic acids is 1. The fourth-order valence-electron chi connectivity index (χ4n) is 1.60. The lowest BCUT2D eigenvalue weighted by Gasteiger charge is -2.31. The predicted octanol–water partition coefficient (Wildman–Crippen LogP) is 1.17. The number of nitrogens with zero attached hydrogens (tertiary/aromatic N) is 1. The van der Waals surface area contributed by atoms with E-state index in [0.717, 1.165) is 6.54 Å². The first-order valence-electron chi connectivity index (χ1n) is 5.06. The lowest BCUT2D eigenvalue weighted by Crippen LogP contribution is -2.40. The minimum Gasteiger partial charge on any atom is -0.393 e. The topological polar surface area (TPSA) is 46.3 Å². The molecule has 1 rings (SSSR count). The third-order valence-electron chi connectivity index (χ3n) is 2.93. The number of hydrogen-bond donors (Lipinski definition) is 1. The SMILES string of the molecule is CC(C(=O)N(C)CC1CCC1)C(N)=S. The van der Waals surface area contributed by atoms with Gasteiger partial charge in [-0.25, -0.2) is 0 Å². The molecule has 1 fully saturated rings. The predicted molar refractivity (Wildman–Crippen MR) is 60.9 cm³/mol. The van der Waals surface area contributed by atoms with Gasteiger partial charge in [0.15, 0.2) is 0 Å². The van der Waals surface area contributed by atoms with Gasteiger partial charge >= 0.3 is 0 Å². The van der Waals surface area contributed by atoms with Crippen LogP contribution in [-0.2, 0) is 4.79 Å². The summed E-state index contributed by atoms with van der Waals surface area (Å²) in [5, 5.41) is 0. The van der Waals surface area contributed by atoms with Crippen LogP contribution in [0.5, 0.6) is 0 Å². The molecule has 4 heteroatoms. The fraction of sp³-hybridized carbons (Fsp3) is 0.800. The Kier molecular flexibility index (Phi) is 3.86. The van der Waals surface area contributed by atoms with Crippen molar-refractivity contribution in [2.45, 2.75) is 26.2 Å². The Balaban J connectivity index is 2.38. The first kappa shape index (κ1) is 11.4. The molecule has 0 saturated heterocycles. The van der Waals surface area contributed by atoms with E-state index in [2.05, 4.69) is 0 Å². The van der Waals surface area contributed by atoms with E-state index in [9.17, 15) is 4.79 Å². The molecule has 0 aromatic rings. The van der Waals surface area contributed by atoms with Crippen molar-refractivity contribution in [1.82, 2.24) is 4.90 Å². The summed E-state index contributed by atoms with van der Waals surface area (Å²) in [6.07, 6.45) is 3.80. The van der Waals surface area contributed by atoms with Crippen LogP contribution < -0.4 is 5.73 Å². The molecule has 0 radical (unpaired) electrons. The van der Waals surface area contributed by atoms with Gasteiger partial charge in [-0.2, -0.15) is 0 Å². The van der Waals surface area contributed by atoms with Crippen molar-refractivity contribution in [2.75, 3.05) is 13.6 Å². The number of rotatable bonds is 4. The minimum absolute atomic E-state index is 0.0457. The Morgan fingerprint density at radius 1 is 1.64 bits per heavy atom. The summed E-state index contributed by atoms with van der Waals surface area (Å²) in [6.45, 7) is 2.62. The maximum atomic E-state index is 11.7. The van der Waals surface area contributed by atoms with Crippen LogP contribution in [0.15, 0.2) is 0 Å². The average molecular weight is 214 g/mol. The maximum Gasteiger partial charge on any atom is 0.231 e. The number of nitrogens with two attached hydrogens (primary N) is 1. The quantitative estimate of drug-likeness (QED) is 0.715. The van der Waals surface area contributed by atoms with Crippen LogP contribution in [0.3, 0.4) is 0 Å². The van der Waals surface area contributed by atoms with E-state index in [0.29, 0.717) is 5.92 Å². The van der Waals surface area contributed by atoms with Crippen LogP contribution in [0.1, 0.15) is 26.2 Å². The van der Waals surface area contributed by atoms with Gasteiger partial charge in [0, 0.05) is 13.6 Å². The molecule has 0 spiro atoms. The van der Waals surface area contributed by atoms with Crippen LogP contribution >= 0.6 is 12.2 Å². The number of hydrogen-bond acceptors (Lipinski definition) is 2. The Bertz CT molecular complexity index is 238. The second-order valence-electron chi connectivity index (χ2n) is 4.14. The lowest BCUT2D eigenvalue weighted by molar-refractivity contribution is -0.132. The molecule has 0 aromatic heterocycles. The van der Waals surface area contributed by atoms with Crippen molar-refractivity contribution in [3.05, 3.63) is 0 Å². The van der Waals surface area contributed by atoms with E-state index in [1.54, 1.807) is 11.8 Å². The van der Waals surface area contributed by atoms with Crippen molar-refractivity contribution >= 4 is 23.1 Å². The summed E-state index contributed by atoms with van der Waals surface area (Å²) in [5.74, 6) is 0.418. The summed E-state index contributed by atoms with van der Waals surface area (Å²) < 4.78 is 0. The molecule has 3 nitrogen and oxygen atoms in total. The van der Waals surface area contributed by atoms with Gasteiger partial charge < -0.3 is 10.6 Å². The summed E-state index contributed by atoms with van der Waals surface area (Å²) >= 11 is 4.80. The summed E-state index contributed by atoms with van der Waals surface area (Å²) in [7, 11) is 1.83. The van der Waals surface area contributed by atoms with Gasteiger partial charge in [-0.15, -0.1) is 0 Å². The van der Waals surface area contributed by atoms with Crippen molar-refractivity contribution in [3.8, 4) is 0 Å². The summed E-state index contributed by atoms with van der Waals surface area (Å²) in [4.78, 5) is 13.8. The van der Waals surface area contributed by atoms with Crippen LogP contribution in [0.2, 0.25) is 0 Å². The zero-order chi connectivity index (χ0) is 10.7. The van der Waals surface area contributed by atoms with E-state index in [1.807, 2.05) is 7.05 Å². The number of amides is 1. The van der Waals surface area contributed by atoms with Crippen LogP contribution in [0, 0.1) is 11.8 Å². The largest absolute Gasteiger partial charge is 0.393 e. The van der Waals surface area contributed by atoms with Crippen LogP contribution in [0.4, 0.5) is 0 Å². The van der Waals surface area contributed by atoms with Gasteiger partial charge in [0.05, 0.1) is 10.9 Å². The zero-order valence-corrected chi connectivity index (χ0v) is 9.64. The minimum atomic E-state index is -0.324. The third kappa shape index (κ3) is 2.67. The molecule has 0 aliphatic heterocycles. The molecule has 0 heterocycles. The molecular weight excluding hydrogens is 196 g/mol. The Hall–Kier alpha value is -0.640. The smallest absolute Gasteiger partial charge is 0.231 e. The standard InChI is InChI=1S/C10H18N2OS/c1-7(9(11)14)10(13)12(2)6-8-4-3-5-8/h7-8H,3-6H2,1-2H3,(H2,11,14). The second kappa shape index (κ2) is 4.73. The molecule has 1 aliphatic rings. The average Bonchev–Trinajstić information content (AvgIpc) is 2.08. The van der Waals surface area contributed by atoms with E-state index >= 15 is 0 Å². The van der Waals surface area contributed by atoms with Crippen LogP contribution in [-0.4, -0.2) is 29.4 Å². The lowest BCUT2D eigenvalue weighted by atomic mass is 9.85. The zero-order valence-electron chi connectivity index (χ0n) is 8.82. The Labute approximate surface area is 90.6 Å². The highest BCUT2D eigenvalue weighted by atomic mass is 32.1. The van der Waals surface area contributed by atoms with Crippen molar-refractivity contribution in [2.24, 2.45) is 17.6 Å². The highest BCUT2D eigenvalue weighted by Gasteiger charge is 2.24. The van der Waals surface area contributed by atoms with E-state index < -0.39 is 0 Å². The normalized spacial score (nSPS) is 18.4. The molecule has 2 N–H and O–H groups in total. The van der Waals surface area contributed by atoms with E-state index in [1.165, 1.54) is 19.3 Å². The Morgan fingerprint density at radius 2 is 2.21 bits per heavy atom. The first-order chi connectivity index (χ1) is 6.52. The molecule has 1 atom stereocenters. The molecule has 1 amide bonds. The van der Waals surface area contributed by atoms with Gasteiger partial charge in [0.25, 0.3) is 0 Å². The molecule has 14 heavy (non-hydrogen) atoms. The highest BCUT2D eigenvalue weighted by Crippen LogP contribution is 2.27. The van der Waals surface area contributed by atoms with E-state index in [4.69, 9.17) is 18.0 Å². The van der Waals surface area contributed by atoms with Gasteiger partial charge in [0.1, 0.15) is 0 Å². The highest BCUT2D eigenvalue weighted by molar-refractivity contribution is 7.80. The van der Waals surface area contributed by atoms with Crippen molar-refractivity contribution < 1.29 is 4.79 Å². The Morgan fingerprint density at radius 3 is 2.57 bits per heavy atom. The van der Waals surface area contributed by atoms with Gasteiger partial charge in [-0.1, -0.05) is 18.6 Å². The second-order valence-corrected chi connectivity index (χ2v) is 4.61. The van der Waals surface area contributed by atoms with E-state index in [-0.39, 0.29) is 16.8 Å². The maximum absolute atomic E-state index is 11.7. The van der Waals surface area contributed by atoms with Crippen molar-refractivity contribution in [3.63, 3.8) is 0 Å². The molecular formula is C10H18N2OS. The van der Waals surface area contributed by atoms with Gasteiger partial charge in [-0.05, 0) is 25.7 Å². The molecule has 80 valence electrons. The molecule has 1 aliphatic carbocycles. The summed E-state index contributed by atoms with van der Waals surface area (Å²) in [5.41, 5.74) is 5.44. The third-order valence-corrected chi connectivity index (χ3v) is 3.28. The van der Waals surface area contributed by atoms with Gasteiger partial charge in [0.2, 0.25) is 5.91 Å². The molecule has 0 aromatic carbocycles. The fourth-order valence-corrected chi connectivity index (χ4v) is 1.71. The molecule has 0 bridgehead atoms. The monoisotopic (exact) mass is 214 g/mol. The van der Waals surface area contributed by atoms with Crippen molar-refractivity contribution in [1.29, 1.82) is 0 Å². The van der Waals surface area contributed by atoms with Crippen LogP contribution in [0.25, 0.3) is 0 Å². The molecule has 1 unspecified atom stereocenters. The number of carbonyl (C=O) groups is 1. The first-order valence-corrected chi connectivity index (χ1v) is 5.47. The number of thiocarbonyl (C=S) groups is 1. The van der Waals surface area contributed by atoms with Gasteiger partial charge in [-0.3, -0.25) is 4.79 Å². The molecule has 1 saturated carbocycles.